The van der Waals surface area contributed by atoms with Crippen LogP contribution < -0.4 is 0 Å². The number of carbonyl (C=O) groups excluding carboxylic acids is 1. The molecule has 1 fully saturated rings. The Morgan fingerprint density at radius 2 is 1.97 bits per heavy atom. The number of carboxylic acids is 1. The third kappa shape index (κ3) is 4.96. The van der Waals surface area contributed by atoms with Crippen molar-refractivity contribution in [3.63, 3.8) is 0 Å². The van der Waals surface area contributed by atoms with Gasteiger partial charge in [-0.25, -0.2) is 8.78 Å². The number of carbonyl (C=O) groups is 2. The first-order valence-electron chi connectivity index (χ1n) is 9.30. The second kappa shape index (κ2) is 9.53. The van der Waals surface area contributed by atoms with Crippen LogP contribution in [-0.4, -0.2) is 32.7 Å². The molecule has 0 unspecified atom stereocenters. The highest BCUT2D eigenvalue weighted by Crippen LogP contribution is 2.38. The van der Waals surface area contributed by atoms with E-state index in [2.05, 4.69) is 0 Å². The van der Waals surface area contributed by atoms with Crippen molar-refractivity contribution in [2.75, 3.05) is 6.54 Å². The fraction of sp³-hybridized carbons (Fsp3) is 0.286. The van der Waals surface area contributed by atoms with Gasteiger partial charge in [0.25, 0.3) is 5.91 Å². The molecule has 0 spiro atoms. The Hall–Kier alpha value is -2.52. The average Bonchev–Trinajstić information content (AvgIpc) is 3.27. The highest BCUT2D eigenvalue weighted by atomic mass is 32.2. The summed E-state index contributed by atoms with van der Waals surface area (Å²) in [5.41, 5.74) is 0.707. The van der Waals surface area contributed by atoms with Crippen LogP contribution in [0.4, 0.5) is 8.78 Å². The number of furan rings is 1. The summed E-state index contributed by atoms with van der Waals surface area (Å²) in [6.45, 7) is 2.15. The second-order valence-corrected chi connectivity index (χ2v) is 8.42. The molecule has 1 saturated heterocycles. The third-order valence-electron chi connectivity index (χ3n) is 4.63. The number of thioether (sulfide) groups is 1. The van der Waals surface area contributed by atoms with Crippen LogP contribution in [0, 0.1) is 11.6 Å². The number of thiocarbonyl (C=S) groups is 1. The predicted octanol–water partition coefficient (Wildman–Crippen LogP) is 5.46. The van der Waals surface area contributed by atoms with Crippen LogP contribution >= 0.6 is 24.0 Å². The lowest BCUT2D eigenvalue weighted by Gasteiger charge is -2.14. The molecule has 3 rings (SSSR count). The fourth-order valence-corrected chi connectivity index (χ4v) is 4.36. The zero-order valence-corrected chi connectivity index (χ0v) is 17.7. The molecule has 0 aliphatic carbocycles. The second-order valence-electron chi connectivity index (χ2n) is 6.77. The minimum atomic E-state index is -0.836. The van der Waals surface area contributed by atoms with Crippen molar-refractivity contribution in [2.24, 2.45) is 0 Å². The number of benzene rings is 1. The van der Waals surface area contributed by atoms with Crippen molar-refractivity contribution in [3.05, 3.63) is 52.6 Å². The summed E-state index contributed by atoms with van der Waals surface area (Å²) in [5.74, 6) is -1.84. The van der Waals surface area contributed by atoms with E-state index in [1.807, 2.05) is 0 Å². The van der Waals surface area contributed by atoms with Crippen LogP contribution in [0.5, 0.6) is 0 Å². The summed E-state index contributed by atoms with van der Waals surface area (Å²) in [7, 11) is 0. The van der Waals surface area contributed by atoms with Crippen LogP contribution in [-0.2, 0) is 9.59 Å². The Bertz CT molecular complexity index is 1030. The summed E-state index contributed by atoms with van der Waals surface area (Å²) in [4.78, 5) is 25.3. The molecule has 30 heavy (non-hydrogen) atoms. The number of halogens is 2. The molecule has 158 valence electrons. The van der Waals surface area contributed by atoms with Gasteiger partial charge in [-0.05, 0) is 44.0 Å². The van der Waals surface area contributed by atoms with E-state index in [1.54, 1.807) is 19.1 Å². The molecule has 2 aromatic rings. The number of amides is 1. The normalized spacial score (nSPS) is 15.8. The molecule has 5 nitrogen and oxygen atoms in total. The number of carboxylic acid groups (broad SMARTS) is 1. The Labute approximate surface area is 181 Å². The maximum Gasteiger partial charge on any atom is 0.303 e. The summed E-state index contributed by atoms with van der Waals surface area (Å²) < 4.78 is 33.3. The van der Waals surface area contributed by atoms with Crippen LogP contribution in [0.1, 0.15) is 38.4 Å². The summed E-state index contributed by atoms with van der Waals surface area (Å²) in [5, 5.41) is 8.67. The minimum Gasteiger partial charge on any atom is -0.481 e. The van der Waals surface area contributed by atoms with Gasteiger partial charge in [0.1, 0.15) is 27.5 Å². The van der Waals surface area contributed by atoms with Gasteiger partial charge < -0.3 is 9.52 Å². The zero-order valence-electron chi connectivity index (χ0n) is 16.1. The van der Waals surface area contributed by atoms with E-state index < -0.39 is 17.6 Å². The Kier molecular flexibility index (Phi) is 7.04. The fourth-order valence-electron chi connectivity index (χ4n) is 3.03. The van der Waals surface area contributed by atoms with Crippen molar-refractivity contribution >= 4 is 45.7 Å². The largest absolute Gasteiger partial charge is 0.481 e. The van der Waals surface area contributed by atoms with Crippen molar-refractivity contribution < 1.29 is 27.9 Å². The van der Waals surface area contributed by atoms with E-state index in [-0.39, 0.29) is 23.7 Å². The number of aliphatic carboxylic acids is 1. The molecule has 1 amide bonds. The van der Waals surface area contributed by atoms with E-state index in [4.69, 9.17) is 21.7 Å². The molecule has 1 aliphatic heterocycles. The Balaban J connectivity index is 1.72. The standard InChI is InChI=1S/C21H19F2NO4S2/c1-12(16-8-9-17(28-16)14-7-6-13(22)11-15(14)23)19-20(27)24(21(29)30-19)10-4-2-3-5-18(25)26/h6-9,11H,2-5,10H2,1H3,(H,25,26)/b19-12-. The van der Waals surface area contributed by atoms with Gasteiger partial charge in [-0.3, -0.25) is 14.5 Å². The first-order chi connectivity index (χ1) is 14.3. The molecule has 1 aromatic carbocycles. The smallest absolute Gasteiger partial charge is 0.303 e. The van der Waals surface area contributed by atoms with Crippen molar-refractivity contribution in [1.29, 1.82) is 0 Å². The average molecular weight is 452 g/mol. The van der Waals surface area contributed by atoms with Crippen LogP contribution in [0.2, 0.25) is 0 Å². The highest BCUT2D eigenvalue weighted by Gasteiger charge is 2.33. The molecule has 2 heterocycles. The van der Waals surface area contributed by atoms with Crippen molar-refractivity contribution in [2.45, 2.75) is 32.6 Å². The summed E-state index contributed by atoms with van der Waals surface area (Å²) >= 11 is 6.49. The molecule has 0 atom stereocenters. The molecule has 0 saturated carbocycles. The monoisotopic (exact) mass is 451 g/mol. The molecule has 0 bridgehead atoms. The predicted molar refractivity (Wildman–Crippen MR) is 115 cm³/mol. The topological polar surface area (TPSA) is 70.8 Å². The van der Waals surface area contributed by atoms with Gasteiger partial charge >= 0.3 is 5.97 Å². The van der Waals surface area contributed by atoms with Crippen LogP contribution in [0.15, 0.2) is 39.7 Å². The van der Waals surface area contributed by atoms with Crippen LogP contribution in [0.3, 0.4) is 0 Å². The van der Waals surface area contributed by atoms with E-state index in [0.717, 1.165) is 12.1 Å². The van der Waals surface area contributed by atoms with Gasteiger partial charge in [0, 0.05) is 24.6 Å². The van der Waals surface area contributed by atoms with Gasteiger partial charge in [0.2, 0.25) is 0 Å². The summed E-state index contributed by atoms with van der Waals surface area (Å²) in [6, 6.07) is 6.43. The highest BCUT2D eigenvalue weighted by molar-refractivity contribution is 8.26. The van der Waals surface area contributed by atoms with E-state index in [1.165, 1.54) is 22.7 Å². The number of nitrogens with zero attached hydrogens (tertiary/aromatic N) is 1. The van der Waals surface area contributed by atoms with Crippen molar-refractivity contribution in [3.8, 4) is 11.3 Å². The molecule has 1 aliphatic rings. The van der Waals surface area contributed by atoms with Gasteiger partial charge in [0.05, 0.1) is 10.5 Å². The number of hydrogen-bond acceptors (Lipinski definition) is 5. The van der Waals surface area contributed by atoms with E-state index in [0.29, 0.717) is 46.4 Å². The molecule has 0 radical (unpaired) electrons. The molecule has 1 aromatic heterocycles. The third-order valence-corrected chi connectivity index (χ3v) is 6.18. The van der Waals surface area contributed by atoms with Gasteiger partial charge in [-0.1, -0.05) is 30.4 Å². The van der Waals surface area contributed by atoms with Gasteiger partial charge in [0.15, 0.2) is 0 Å². The first kappa shape index (κ1) is 22.2. The van der Waals surface area contributed by atoms with E-state index in [9.17, 15) is 18.4 Å². The SMILES string of the molecule is C/C(=C1/SC(=S)N(CCCCCC(=O)O)C1=O)c1ccc(-c2ccc(F)cc2F)o1. The quantitative estimate of drug-likeness (QED) is 0.326. The van der Waals surface area contributed by atoms with Crippen molar-refractivity contribution in [1.82, 2.24) is 4.90 Å². The number of rotatable bonds is 8. The lowest BCUT2D eigenvalue weighted by molar-refractivity contribution is -0.137. The first-order valence-corrected chi connectivity index (χ1v) is 10.5. The molecule has 1 N–H and O–H groups in total. The van der Waals surface area contributed by atoms with Gasteiger partial charge in [-0.2, -0.15) is 0 Å². The number of unbranched alkanes of at least 4 members (excludes halogenated alkanes) is 2. The number of hydrogen-bond donors (Lipinski definition) is 1. The van der Waals surface area contributed by atoms with Gasteiger partial charge in [-0.15, -0.1) is 0 Å². The Morgan fingerprint density at radius 3 is 2.67 bits per heavy atom. The molecular formula is C21H19F2NO4S2. The van der Waals surface area contributed by atoms with E-state index >= 15 is 0 Å². The zero-order chi connectivity index (χ0) is 21.8. The maximum absolute atomic E-state index is 14.0. The number of allylic oxidation sites excluding steroid dienone is 1. The minimum absolute atomic E-state index is 0.104. The molecular weight excluding hydrogens is 432 g/mol. The molecule has 9 heteroatoms. The van der Waals surface area contributed by atoms with Crippen LogP contribution in [0.25, 0.3) is 16.9 Å². The summed E-state index contributed by atoms with van der Waals surface area (Å²) in [6.07, 6.45) is 1.99. The maximum atomic E-state index is 14.0. The Morgan fingerprint density at radius 1 is 1.20 bits per heavy atom. The lowest BCUT2D eigenvalue weighted by atomic mass is 10.1. The lowest BCUT2D eigenvalue weighted by Crippen LogP contribution is -2.29.